The second kappa shape index (κ2) is 6.89. The molecule has 0 saturated heterocycles. The number of carbonyl (C=O) groups excluding carboxylic acids is 1. The van der Waals surface area contributed by atoms with Gasteiger partial charge < -0.3 is 10.6 Å². The van der Waals surface area contributed by atoms with Gasteiger partial charge in [-0.2, -0.15) is 0 Å². The second-order valence-corrected chi connectivity index (χ2v) is 3.99. The molecule has 2 N–H and O–H groups in total. The summed E-state index contributed by atoms with van der Waals surface area (Å²) in [6, 6.07) is 5.89. The number of carbonyl (C=O) groups is 1. The van der Waals surface area contributed by atoms with E-state index in [1.165, 1.54) is 6.07 Å². The fraction of sp³-hybridized carbons (Fsp3) is 0.462. The quantitative estimate of drug-likeness (QED) is 0.748. The first-order chi connectivity index (χ1) is 8.15. The summed E-state index contributed by atoms with van der Waals surface area (Å²) in [6.07, 6.45) is 1.99. The predicted molar refractivity (Wildman–Crippen MR) is 67.4 cm³/mol. The molecule has 1 rings (SSSR count). The summed E-state index contributed by atoms with van der Waals surface area (Å²) in [5.41, 5.74) is 0.352. The maximum absolute atomic E-state index is 13.3. The molecular formula is C13H19FN2O. The van der Waals surface area contributed by atoms with Crippen molar-refractivity contribution in [2.75, 3.05) is 11.9 Å². The molecule has 0 aliphatic heterocycles. The van der Waals surface area contributed by atoms with Crippen molar-refractivity contribution < 1.29 is 9.18 Å². The number of anilines is 1. The van der Waals surface area contributed by atoms with Crippen molar-refractivity contribution in [3.63, 3.8) is 0 Å². The molecule has 1 atom stereocenters. The highest BCUT2D eigenvalue weighted by atomic mass is 19.1. The molecule has 0 heterocycles. The Balaban J connectivity index is 2.46. The lowest BCUT2D eigenvalue weighted by atomic mass is 10.2. The number of amides is 1. The molecule has 0 fully saturated rings. The number of halogens is 1. The molecule has 94 valence electrons. The Kier molecular flexibility index (Phi) is 5.46. The van der Waals surface area contributed by atoms with Crippen LogP contribution >= 0.6 is 0 Å². The molecule has 1 aromatic carbocycles. The summed E-state index contributed by atoms with van der Waals surface area (Å²) in [7, 11) is 0. The highest BCUT2D eigenvalue weighted by Gasteiger charge is 2.13. The first kappa shape index (κ1) is 13.5. The molecule has 3 nitrogen and oxygen atoms in total. The average Bonchev–Trinajstić information content (AvgIpc) is 2.32. The minimum atomic E-state index is -0.441. The van der Waals surface area contributed by atoms with Gasteiger partial charge in [0.05, 0.1) is 5.69 Å². The summed E-state index contributed by atoms with van der Waals surface area (Å²) in [6.45, 7) is 4.44. The molecule has 0 spiro atoms. The van der Waals surface area contributed by atoms with Crippen LogP contribution in [0.5, 0.6) is 0 Å². The number of nitrogens with one attached hydrogen (secondary N) is 2. The van der Waals surface area contributed by atoms with E-state index in [-0.39, 0.29) is 11.7 Å². The molecule has 17 heavy (non-hydrogen) atoms. The second-order valence-electron chi connectivity index (χ2n) is 3.99. The van der Waals surface area contributed by atoms with Gasteiger partial charge >= 0.3 is 0 Å². The molecule has 1 unspecified atom stereocenters. The maximum Gasteiger partial charge on any atom is 0.242 e. The molecular weight excluding hydrogens is 219 g/mol. The van der Waals surface area contributed by atoms with E-state index in [0.29, 0.717) is 12.2 Å². The van der Waals surface area contributed by atoms with Gasteiger partial charge in [-0.15, -0.1) is 0 Å². The zero-order chi connectivity index (χ0) is 12.7. The monoisotopic (exact) mass is 238 g/mol. The van der Waals surface area contributed by atoms with Crippen LogP contribution in [0.3, 0.4) is 0 Å². The van der Waals surface area contributed by atoms with Crippen LogP contribution in [0.4, 0.5) is 10.1 Å². The number of para-hydroxylation sites is 1. The van der Waals surface area contributed by atoms with Crippen LogP contribution in [0.15, 0.2) is 24.3 Å². The number of unbranched alkanes of at least 4 members (excludes halogenated alkanes) is 1. The van der Waals surface area contributed by atoms with E-state index in [1.807, 2.05) is 0 Å². The Morgan fingerprint density at radius 1 is 1.41 bits per heavy atom. The third-order valence-electron chi connectivity index (χ3n) is 2.47. The minimum Gasteiger partial charge on any atom is -0.372 e. The standard InChI is InChI=1S/C13H19FN2O/c1-3-4-9-15-13(17)10(2)16-12-8-6-5-7-11(12)14/h5-8,10,16H,3-4,9H2,1-2H3,(H,15,17). The number of hydrogen-bond donors (Lipinski definition) is 2. The summed E-state index contributed by atoms with van der Waals surface area (Å²) in [4.78, 5) is 11.6. The first-order valence-electron chi connectivity index (χ1n) is 5.94. The van der Waals surface area contributed by atoms with Crippen LogP contribution in [-0.2, 0) is 4.79 Å². The molecule has 0 aliphatic rings. The van der Waals surface area contributed by atoms with Crippen LogP contribution in [0.2, 0.25) is 0 Å². The van der Waals surface area contributed by atoms with Crippen molar-refractivity contribution in [1.82, 2.24) is 5.32 Å². The number of hydrogen-bond acceptors (Lipinski definition) is 2. The fourth-order valence-corrected chi connectivity index (χ4v) is 1.42. The van der Waals surface area contributed by atoms with Gasteiger partial charge in [-0.1, -0.05) is 25.5 Å². The fourth-order valence-electron chi connectivity index (χ4n) is 1.42. The van der Waals surface area contributed by atoms with E-state index in [2.05, 4.69) is 17.6 Å². The van der Waals surface area contributed by atoms with Gasteiger partial charge in [0.25, 0.3) is 0 Å². The number of benzene rings is 1. The average molecular weight is 238 g/mol. The summed E-state index contributed by atoms with van der Waals surface area (Å²) < 4.78 is 13.3. The van der Waals surface area contributed by atoms with E-state index in [9.17, 15) is 9.18 Å². The molecule has 0 radical (unpaired) electrons. The highest BCUT2D eigenvalue weighted by molar-refractivity contribution is 5.84. The first-order valence-corrected chi connectivity index (χ1v) is 5.94. The zero-order valence-electron chi connectivity index (χ0n) is 10.3. The van der Waals surface area contributed by atoms with Crippen molar-refractivity contribution in [3.05, 3.63) is 30.1 Å². The molecule has 1 amide bonds. The third kappa shape index (κ3) is 4.43. The van der Waals surface area contributed by atoms with Gasteiger partial charge in [0, 0.05) is 6.54 Å². The third-order valence-corrected chi connectivity index (χ3v) is 2.47. The van der Waals surface area contributed by atoms with Gasteiger partial charge in [0.2, 0.25) is 5.91 Å². The van der Waals surface area contributed by atoms with Gasteiger partial charge in [0.15, 0.2) is 0 Å². The summed E-state index contributed by atoms with van der Waals surface area (Å²) >= 11 is 0. The zero-order valence-corrected chi connectivity index (χ0v) is 10.3. The van der Waals surface area contributed by atoms with Crippen LogP contribution in [0, 0.1) is 5.82 Å². The van der Waals surface area contributed by atoms with Gasteiger partial charge in [0.1, 0.15) is 11.9 Å². The van der Waals surface area contributed by atoms with Crippen LogP contribution in [-0.4, -0.2) is 18.5 Å². The molecule has 1 aromatic rings. The van der Waals surface area contributed by atoms with Crippen molar-refractivity contribution in [2.24, 2.45) is 0 Å². The lowest BCUT2D eigenvalue weighted by molar-refractivity contribution is -0.121. The normalized spacial score (nSPS) is 11.9. The topological polar surface area (TPSA) is 41.1 Å². The molecule has 0 aliphatic carbocycles. The van der Waals surface area contributed by atoms with E-state index in [4.69, 9.17) is 0 Å². The van der Waals surface area contributed by atoms with E-state index >= 15 is 0 Å². The summed E-state index contributed by atoms with van der Waals surface area (Å²) in [5.74, 6) is -0.456. The predicted octanol–water partition coefficient (Wildman–Crippen LogP) is 2.54. The van der Waals surface area contributed by atoms with Crippen molar-refractivity contribution in [1.29, 1.82) is 0 Å². The lowest BCUT2D eigenvalue weighted by Crippen LogP contribution is -2.38. The van der Waals surface area contributed by atoms with Gasteiger partial charge in [-0.25, -0.2) is 4.39 Å². The van der Waals surface area contributed by atoms with Crippen molar-refractivity contribution in [2.45, 2.75) is 32.7 Å². The van der Waals surface area contributed by atoms with Crippen molar-refractivity contribution >= 4 is 11.6 Å². The largest absolute Gasteiger partial charge is 0.372 e. The van der Waals surface area contributed by atoms with E-state index in [0.717, 1.165) is 12.8 Å². The Bertz CT molecular complexity index is 368. The Morgan fingerprint density at radius 3 is 2.76 bits per heavy atom. The van der Waals surface area contributed by atoms with E-state index < -0.39 is 6.04 Å². The lowest BCUT2D eigenvalue weighted by Gasteiger charge is -2.15. The SMILES string of the molecule is CCCCNC(=O)C(C)Nc1ccccc1F. The Labute approximate surface area is 101 Å². The minimum absolute atomic E-state index is 0.110. The van der Waals surface area contributed by atoms with Gasteiger partial charge in [-0.3, -0.25) is 4.79 Å². The highest BCUT2D eigenvalue weighted by Crippen LogP contribution is 2.13. The van der Waals surface area contributed by atoms with Crippen LogP contribution in [0.25, 0.3) is 0 Å². The number of rotatable bonds is 6. The Morgan fingerprint density at radius 2 is 2.12 bits per heavy atom. The smallest absolute Gasteiger partial charge is 0.242 e. The van der Waals surface area contributed by atoms with Crippen LogP contribution < -0.4 is 10.6 Å². The van der Waals surface area contributed by atoms with Crippen molar-refractivity contribution in [3.8, 4) is 0 Å². The van der Waals surface area contributed by atoms with Gasteiger partial charge in [-0.05, 0) is 25.5 Å². The van der Waals surface area contributed by atoms with Crippen LogP contribution in [0.1, 0.15) is 26.7 Å². The molecule has 4 heteroatoms. The maximum atomic E-state index is 13.3. The molecule has 0 aromatic heterocycles. The molecule has 0 bridgehead atoms. The summed E-state index contributed by atoms with van der Waals surface area (Å²) in [5, 5.41) is 5.65. The van der Waals surface area contributed by atoms with E-state index in [1.54, 1.807) is 25.1 Å². The molecule has 0 saturated carbocycles. The Hall–Kier alpha value is -1.58.